The van der Waals surface area contributed by atoms with E-state index in [0.29, 0.717) is 0 Å². The molecule has 0 aromatic heterocycles. The predicted octanol–water partition coefficient (Wildman–Crippen LogP) is -0.00930. The number of ether oxygens (including phenoxy) is 2. The highest BCUT2D eigenvalue weighted by Crippen LogP contribution is 2.24. The molecule has 1 N–H and O–H groups in total. The summed E-state index contributed by atoms with van der Waals surface area (Å²) < 4.78 is 9.43. The zero-order chi connectivity index (χ0) is 12.2. The Morgan fingerprint density at radius 2 is 2.31 bits per heavy atom. The van der Waals surface area contributed by atoms with Crippen LogP contribution in [0.4, 0.5) is 0 Å². The van der Waals surface area contributed by atoms with Crippen LogP contribution in [0.2, 0.25) is 0 Å². The summed E-state index contributed by atoms with van der Waals surface area (Å²) >= 11 is 0. The summed E-state index contributed by atoms with van der Waals surface area (Å²) in [7, 11) is 2.64. The summed E-state index contributed by atoms with van der Waals surface area (Å²) in [5, 5.41) is 10.1. The summed E-state index contributed by atoms with van der Waals surface area (Å²) in [6.45, 7) is 0. The number of methoxy groups -OCH3 is 2. The van der Waals surface area contributed by atoms with Gasteiger partial charge in [0.2, 0.25) is 0 Å². The monoisotopic (exact) mass is 226 g/mol. The molecule has 2 atom stereocenters. The van der Waals surface area contributed by atoms with Gasteiger partial charge in [-0.05, 0) is 18.2 Å². The molecule has 1 rings (SSSR count). The number of hydrogen-bond acceptors (Lipinski definition) is 5. The molecule has 0 amide bonds. The Morgan fingerprint density at radius 1 is 1.62 bits per heavy atom. The zero-order valence-electron chi connectivity index (χ0n) is 9.17. The number of hydrogen-bond donors (Lipinski definition) is 1. The van der Waals surface area contributed by atoms with E-state index >= 15 is 0 Å². The van der Waals surface area contributed by atoms with Crippen molar-refractivity contribution in [3.63, 3.8) is 0 Å². The molecule has 0 bridgehead atoms. The highest BCUT2D eigenvalue weighted by Gasteiger charge is 2.36. The van der Waals surface area contributed by atoms with Gasteiger partial charge in [-0.3, -0.25) is 4.79 Å². The van der Waals surface area contributed by atoms with Crippen LogP contribution in [0.5, 0.6) is 0 Å². The van der Waals surface area contributed by atoms with Gasteiger partial charge in [0.1, 0.15) is 11.7 Å². The molecule has 0 aromatic rings. The Hall–Kier alpha value is -1.46. The van der Waals surface area contributed by atoms with Gasteiger partial charge in [-0.2, -0.15) is 0 Å². The maximum absolute atomic E-state index is 11.1. The summed E-state index contributed by atoms with van der Waals surface area (Å²) in [6.07, 6.45) is 4.34. The fourth-order valence-electron chi connectivity index (χ4n) is 1.45. The van der Waals surface area contributed by atoms with Crippen LogP contribution >= 0.6 is 0 Å². The first-order valence-corrected chi connectivity index (χ1v) is 4.76. The first kappa shape index (κ1) is 12.6. The topological polar surface area (TPSA) is 72.8 Å². The van der Waals surface area contributed by atoms with Crippen LogP contribution in [0.25, 0.3) is 0 Å². The smallest absolute Gasteiger partial charge is 0.330 e. The van der Waals surface area contributed by atoms with Crippen molar-refractivity contribution in [3.8, 4) is 0 Å². The molecule has 1 aliphatic carbocycles. The minimum absolute atomic E-state index is 0.0784. The van der Waals surface area contributed by atoms with Crippen molar-refractivity contribution in [2.75, 3.05) is 14.2 Å². The van der Waals surface area contributed by atoms with Crippen molar-refractivity contribution in [3.05, 3.63) is 24.3 Å². The van der Waals surface area contributed by atoms with E-state index in [4.69, 9.17) is 4.74 Å². The Balaban J connectivity index is 2.88. The standard InChI is InChI=1S/C11H14O5/c1-15-9-7-8(12)3-5-11(9,14)6-4-10(13)16-2/h3-6,9,14H,7H2,1-2H3/b6-4+/t9-,11+/m0/s1. The number of aliphatic hydroxyl groups is 1. The fourth-order valence-corrected chi connectivity index (χ4v) is 1.45. The molecule has 0 fully saturated rings. The molecule has 0 unspecified atom stereocenters. The molecular formula is C11H14O5. The minimum atomic E-state index is -1.45. The number of carbonyl (C=O) groups excluding carboxylic acids is 2. The second-order valence-corrected chi connectivity index (χ2v) is 3.47. The summed E-state index contributed by atoms with van der Waals surface area (Å²) in [4.78, 5) is 22.0. The van der Waals surface area contributed by atoms with E-state index < -0.39 is 17.7 Å². The molecule has 0 heterocycles. The third kappa shape index (κ3) is 2.77. The molecule has 5 heteroatoms. The maximum Gasteiger partial charge on any atom is 0.330 e. The lowest BCUT2D eigenvalue weighted by atomic mass is 9.87. The maximum atomic E-state index is 11.1. The Kier molecular flexibility index (Phi) is 3.98. The number of allylic oxidation sites excluding steroid dienone is 1. The Labute approximate surface area is 93.3 Å². The lowest BCUT2D eigenvalue weighted by Crippen LogP contribution is -2.43. The fraction of sp³-hybridized carbons (Fsp3) is 0.455. The number of ketones is 1. The molecule has 0 radical (unpaired) electrons. The van der Waals surface area contributed by atoms with E-state index in [1.807, 2.05) is 0 Å². The largest absolute Gasteiger partial charge is 0.466 e. The SMILES string of the molecule is COC(=O)/C=C/[C@]1(O)C=CC(=O)C[C@@H]1OC. The van der Waals surface area contributed by atoms with Crippen molar-refractivity contribution in [2.24, 2.45) is 0 Å². The van der Waals surface area contributed by atoms with Crippen LogP contribution in [0.1, 0.15) is 6.42 Å². The minimum Gasteiger partial charge on any atom is -0.466 e. The van der Waals surface area contributed by atoms with Gasteiger partial charge in [0, 0.05) is 19.6 Å². The van der Waals surface area contributed by atoms with Gasteiger partial charge in [0.05, 0.1) is 7.11 Å². The molecule has 5 nitrogen and oxygen atoms in total. The number of esters is 1. The quantitative estimate of drug-likeness (QED) is 0.541. The summed E-state index contributed by atoms with van der Waals surface area (Å²) in [5.74, 6) is -0.698. The molecule has 0 saturated heterocycles. The van der Waals surface area contributed by atoms with Crippen molar-refractivity contribution in [1.29, 1.82) is 0 Å². The van der Waals surface area contributed by atoms with Crippen LogP contribution < -0.4 is 0 Å². The summed E-state index contributed by atoms with van der Waals surface area (Å²) in [5.41, 5.74) is -1.45. The molecule has 16 heavy (non-hydrogen) atoms. The second kappa shape index (κ2) is 5.05. The van der Waals surface area contributed by atoms with Gasteiger partial charge in [0.25, 0.3) is 0 Å². The van der Waals surface area contributed by atoms with Gasteiger partial charge < -0.3 is 14.6 Å². The molecule has 0 aliphatic heterocycles. The van der Waals surface area contributed by atoms with E-state index in [1.165, 1.54) is 32.4 Å². The first-order chi connectivity index (χ1) is 7.51. The van der Waals surface area contributed by atoms with E-state index in [0.717, 1.165) is 6.08 Å². The van der Waals surface area contributed by atoms with Crippen molar-refractivity contribution >= 4 is 11.8 Å². The molecule has 88 valence electrons. The van der Waals surface area contributed by atoms with Crippen LogP contribution in [0.15, 0.2) is 24.3 Å². The van der Waals surface area contributed by atoms with Gasteiger partial charge in [0.15, 0.2) is 5.78 Å². The van der Waals surface area contributed by atoms with E-state index in [-0.39, 0.29) is 12.2 Å². The van der Waals surface area contributed by atoms with Crippen LogP contribution in [0.3, 0.4) is 0 Å². The molecule has 0 aromatic carbocycles. The second-order valence-electron chi connectivity index (χ2n) is 3.47. The highest BCUT2D eigenvalue weighted by molar-refractivity contribution is 5.92. The van der Waals surface area contributed by atoms with Crippen LogP contribution in [-0.4, -0.2) is 42.8 Å². The van der Waals surface area contributed by atoms with Crippen LogP contribution in [0, 0.1) is 0 Å². The average Bonchev–Trinajstić information content (AvgIpc) is 2.29. The van der Waals surface area contributed by atoms with Crippen molar-refractivity contribution < 1.29 is 24.2 Å². The van der Waals surface area contributed by atoms with E-state index in [2.05, 4.69) is 4.74 Å². The number of carbonyl (C=O) groups is 2. The lowest BCUT2D eigenvalue weighted by Gasteiger charge is -2.31. The van der Waals surface area contributed by atoms with Crippen molar-refractivity contribution in [2.45, 2.75) is 18.1 Å². The zero-order valence-corrected chi connectivity index (χ0v) is 9.17. The third-order valence-electron chi connectivity index (χ3n) is 2.41. The van der Waals surface area contributed by atoms with Gasteiger partial charge in [-0.1, -0.05) is 0 Å². The predicted molar refractivity (Wildman–Crippen MR) is 55.7 cm³/mol. The van der Waals surface area contributed by atoms with Gasteiger partial charge in [-0.25, -0.2) is 4.79 Å². The van der Waals surface area contributed by atoms with E-state index in [1.54, 1.807) is 0 Å². The van der Waals surface area contributed by atoms with Crippen LogP contribution in [-0.2, 0) is 19.1 Å². The Morgan fingerprint density at radius 3 is 2.88 bits per heavy atom. The number of rotatable bonds is 3. The summed E-state index contributed by atoms with van der Waals surface area (Å²) in [6, 6.07) is 0. The normalized spacial score (nSPS) is 29.7. The Bertz CT molecular complexity index is 344. The van der Waals surface area contributed by atoms with E-state index in [9.17, 15) is 14.7 Å². The molecule has 1 aliphatic rings. The first-order valence-electron chi connectivity index (χ1n) is 4.76. The lowest BCUT2D eigenvalue weighted by molar-refractivity contribution is -0.135. The highest BCUT2D eigenvalue weighted by atomic mass is 16.5. The van der Waals surface area contributed by atoms with Gasteiger partial charge >= 0.3 is 5.97 Å². The molecular weight excluding hydrogens is 212 g/mol. The molecule has 0 spiro atoms. The van der Waals surface area contributed by atoms with Crippen molar-refractivity contribution in [1.82, 2.24) is 0 Å². The average molecular weight is 226 g/mol. The third-order valence-corrected chi connectivity index (χ3v) is 2.41. The molecule has 0 saturated carbocycles. The van der Waals surface area contributed by atoms with Gasteiger partial charge in [-0.15, -0.1) is 0 Å².